The summed E-state index contributed by atoms with van der Waals surface area (Å²) in [6.45, 7) is 5.92. The third kappa shape index (κ3) is 5.01. The molecule has 0 spiro atoms. The summed E-state index contributed by atoms with van der Waals surface area (Å²) in [5.74, 6) is -0.675. The van der Waals surface area contributed by atoms with Crippen molar-refractivity contribution < 1.29 is 4.79 Å². The molecule has 1 N–H and O–H groups in total. The highest BCUT2D eigenvalue weighted by Gasteiger charge is 2.21. The number of rotatable bonds is 6. The molecule has 2 aromatic heterocycles. The maximum Gasteiger partial charge on any atom is 0.352 e. The summed E-state index contributed by atoms with van der Waals surface area (Å²) in [4.78, 5) is 43.8. The van der Waals surface area contributed by atoms with Gasteiger partial charge in [-0.2, -0.15) is 9.78 Å². The van der Waals surface area contributed by atoms with Gasteiger partial charge in [-0.25, -0.2) is 4.79 Å². The van der Waals surface area contributed by atoms with Crippen molar-refractivity contribution in [1.29, 1.82) is 0 Å². The lowest BCUT2D eigenvalue weighted by Gasteiger charge is -2.13. The van der Waals surface area contributed by atoms with Gasteiger partial charge in [-0.3, -0.25) is 19.1 Å². The SMILES string of the molecule is Cc1ccc(Cn2c(=O)c(C(=O)NCc3ccccn3)nn(-c3cc(C)cc(C)c3)c2=O)cc1. The molecule has 34 heavy (non-hydrogen) atoms. The summed E-state index contributed by atoms with van der Waals surface area (Å²) in [6.07, 6.45) is 1.62. The largest absolute Gasteiger partial charge is 0.352 e. The van der Waals surface area contributed by atoms with Gasteiger partial charge in [0, 0.05) is 6.20 Å². The molecule has 4 rings (SSSR count). The molecule has 0 radical (unpaired) electrons. The average Bonchev–Trinajstić information content (AvgIpc) is 2.81. The smallest absolute Gasteiger partial charge is 0.345 e. The molecule has 8 nitrogen and oxygen atoms in total. The Kier molecular flexibility index (Phi) is 6.49. The summed E-state index contributed by atoms with van der Waals surface area (Å²) >= 11 is 0. The highest BCUT2D eigenvalue weighted by Crippen LogP contribution is 2.11. The van der Waals surface area contributed by atoms with E-state index in [4.69, 9.17) is 0 Å². The molecule has 4 aromatic rings. The number of nitrogens with one attached hydrogen (secondary N) is 1. The van der Waals surface area contributed by atoms with Gasteiger partial charge in [-0.15, -0.1) is 0 Å². The summed E-state index contributed by atoms with van der Waals surface area (Å²) < 4.78 is 2.16. The van der Waals surface area contributed by atoms with E-state index < -0.39 is 17.2 Å². The first-order valence-electron chi connectivity index (χ1n) is 10.9. The lowest BCUT2D eigenvalue weighted by atomic mass is 10.1. The summed E-state index contributed by atoms with van der Waals surface area (Å²) in [7, 11) is 0. The van der Waals surface area contributed by atoms with Crippen molar-refractivity contribution in [3.63, 3.8) is 0 Å². The van der Waals surface area contributed by atoms with Gasteiger partial charge in [0.15, 0.2) is 0 Å². The molecule has 0 aliphatic rings. The Bertz CT molecular complexity index is 1430. The Balaban J connectivity index is 1.81. The zero-order valence-corrected chi connectivity index (χ0v) is 19.3. The van der Waals surface area contributed by atoms with E-state index in [1.54, 1.807) is 30.5 Å². The number of amides is 1. The number of nitrogens with zero attached hydrogens (tertiary/aromatic N) is 4. The fourth-order valence-electron chi connectivity index (χ4n) is 3.67. The molecule has 172 valence electrons. The lowest BCUT2D eigenvalue weighted by molar-refractivity contribution is 0.0940. The third-order valence-electron chi connectivity index (χ3n) is 5.34. The molecule has 8 heteroatoms. The van der Waals surface area contributed by atoms with Crippen LogP contribution in [0, 0.1) is 20.8 Å². The van der Waals surface area contributed by atoms with E-state index in [9.17, 15) is 14.4 Å². The monoisotopic (exact) mass is 455 g/mol. The van der Waals surface area contributed by atoms with Gasteiger partial charge in [-0.05, 0) is 61.7 Å². The van der Waals surface area contributed by atoms with Crippen molar-refractivity contribution in [3.05, 3.63) is 121 Å². The minimum absolute atomic E-state index is 0.0196. The molecule has 0 atom stereocenters. The number of hydrogen-bond donors (Lipinski definition) is 1. The van der Waals surface area contributed by atoms with Crippen LogP contribution in [0.4, 0.5) is 0 Å². The second-order valence-corrected chi connectivity index (χ2v) is 8.27. The zero-order valence-electron chi connectivity index (χ0n) is 19.3. The van der Waals surface area contributed by atoms with Crippen molar-refractivity contribution in [3.8, 4) is 5.69 Å². The highest BCUT2D eigenvalue weighted by molar-refractivity contribution is 5.91. The second kappa shape index (κ2) is 9.66. The second-order valence-electron chi connectivity index (χ2n) is 8.27. The minimum Gasteiger partial charge on any atom is -0.345 e. The molecular formula is C26H25N5O3. The first-order valence-corrected chi connectivity index (χ1v) is 10.9. The van der Waals surface area contributed by atoms with Crippen molar-refractivity contribution in [2.24, 2.45) is 0 Å². The van der Waals surface area contributed by atoms with Crippen molar-refractivity contribution >= 4 is 5.91 Å². The van der Waals surface area contributed by atoms with E-state index in [1.807, 2.05) is 57.2 Å². The molecule has 0 aliphatic carbocycles. The number of hydrogen-bond acceptors (Lipinski definition) is 5. The van der Waals surface area contributed by atoms with E-state index in [-0.39, 0.29) is 18.8 Å². The number of carbonyl (C=O) groups is 1. The van der Waals surface area contributed by atoms with Gasteiger partial charge >= 0.3 is 5.69 Å². The molecule has 0 saturated carbocycles. The quantitative estimate of drug-likeness (QED) is 0.482. The number of aromatic nitrogens is 4. The standard InChI is InChI=1S/C26H25N5O3/c1-17-7-9-20(10-8-17)16-30-25(33)23(24(32)28-15-21-6-4-5-11-27-21)29-31(26(30)34)22-13-18(2)12-19(3)14-22/h4-14H,15-16H2,1-3H3,(H,28,32). The van der Waals surface area contributed by atoms with E-state index in [0.717, 1.165) is 31.5 Å². The molecule has 0 unspecified atom stereocenters. The Morgan fingerprint density at radius 3 is 2.26 bits per heavy atom. The van der Waals surface area contributed by atoms with Crippen LogP contribution in [0.2, 0.25) is 0 Å². The first kappa shape index (κ1) is 22.8. The zero-order chi connectivity index (χ0) is 24.2. The molecule has 0 aliphatic heterocycles. The summed E-state index contributed by atoms with van der Waals surface area (Å²) in [5.41, 5.74) is 3.10. The number of aryl methyl sites for hydroxylation is 3. The van der Waals surface area contributed by atoms with E-state index in [2.05, 4.69) is 15.4 Å². The number of benzene rings is 2. The van der Waals surface area contributed by atoms with Crippen LogP contribution in [0.25, 0.3) is 5.69 Å². The van der Waals surface area contributed by atoms with Crippen LogP contribution in [0.3, 0.4) is 0 Å². The Morgan fingerprint density at radius 2 is 1.62 bits per heavy atom. The predicted molar refractivity (Wildman–Crippen MR) is 129 cm³/mol. The maximum absolute atomic E-state index is 13.4. The van der Waals surface area contributed by atoms with Crippen LogP contribution in [-0.4, -0.2) is 25.2 Å². The molecular weight excluding hydrogens is 430 g/mol. The summed E-state index contributed by atoms with van der Waals surface area (Å²) in [6, 6.07) is 18.4. The summed E-state index contributed by atoms with van der Waals surface area (Å²) in [5, 5.41) is 6.87. The number of pyridine rings is 1. The van der Waals surface area contributed by atoms with Crippen molar-refractivity contribution in [2.75, 3.05) is 0 Å². The number of carbonyl (C=O) groups excluding carboxylic acids is 1. The lowest BCUT2D eigenvalue weighted by Crippen LogP contribution is -2.46. The molecule has 1 amide bonds. The van der Waals surface area contributed by atoms with Gasteiger partial charge in [0.1, 0.15) is 0 Å². The van der Waals surface area contributed by atoms with Crippen molar-refractivity contribution in [2.45, 2.75) is 33.9 Å². The van der Waals surface area contributed by atoms with E-state index >= 15 is 0 Å². The minimum atomic E-state index is -0.746. The predicted octanol–water partition coefficient (Wildman–Crippen LogP) is 2.69. The van der Waals surface area contributed by atoms with Gasteiger partial charge in [0.05, 0.1) is 24.5 Å². The van der Waals surface area contributed by atoms with Crippen molar-refractivity contribution in [1.82, 2.24) is 24.6 Å². The van der Waals surface area contributed by atoms with Gasteiger partial charge in [-0.1, -0.05) is 42.0 Å². The van der Waals surface area contributed by atoms with Crippen LogP contribution < -0.4 is 16.6 Å². The maximum atomic E-state index is 13.4. The van der Waals surface area contributed by atoms with Crippen LogP contribution in [0.5, 0.6) is 0 Å². The van der Waals surface area contributed by atoms with Gasteiger partial charge < -0.3 is 5.32 Å². The average molecular weight is 456 g/mol. The van der Waals surface area contributed by atoms with Crippen LogP contribution in [0.1, 0.15) is 38.4 Å². The van der Waals surface area contributed by atoms with Crippen LogP contribution in [-0.2, 0) is 13.1 Å². The highest BCUT2D eigenvalue weighted by atomic mass is 16.2. The Hall–Kier alpha value is -4.33. The fraction of sp³-hybridized carbons (Fsp3) is 0.192. The first-order chi connectivity index (χ1) is 16.3. The molecule has 0 fully saturated rings. The molecule has 2 aromatic carbocycles. The van der Waals surface area contributed by atoms with Crippen LogP contribution >= 0.6 is 0 Å². The van der Waals surface area contributed by atoms with E-state index in [1.165, 1.54) is 0 Å². The third-order valence-corrected chi connectivity index (χ3v) is 5.34. The normalized spacial score (nSPS) is 10.8. The van der Waals surface area contributed by atoms with Crippen LogP contribution in [0.15, 0.2) is 76.4 Å². The molecule has 2 heterocycles. The fourth-order valence-corrected chi connectivity index (χ4v) is 3.67. The molecule has 0 saturated heterocycles. The van der Waals surface area contributed by atoms with Gasteiger partial charge in [0.25, 0.3) is 11.5 Å². The Morgan fingerprint density at radius 1 is 0.912 bits per heavy atom. The Labute approximate surface area is 196 Å². The topological polar surface area (TPSA) is 98.9 Å². The molecule has 0 bridgehead atoms. The van der Waals surface area contributed by atoms with Gasteiger partial charge in [0.2, 0.25) is 5.69 Å². The van der Waals surface area contributed by atoms with E-state index in [0.29, 0.717) is 11.4 Å².